The molecule has 13 heavy (non-hydrogen) atoms. The van der Waals surface area contributed by atoms with Gasteiger partial charge in [-0.3, -0.25) is 9.63 Å². The number of hydrogen-bond donors (Lipinski definition) is 1. The molecule has 76 valence electrons. The molecule has 0 aliphatic carbocycles. The SMILES string of the molecule is CC=C(C)C(=O)NOCCCCC. The summed E-state index contributed by atoms with van der Waals surface area (Å²) in [5, 5.41) is 0. The molecule has 0 heterocycles. The Labute approximate surface area is 80.1 Å². The minimum atomic E-state index is -0.154. The van der Waals surface area contributed by atoms with E-state index in [4.69, 9.17) is 4.84 Å². The minimum absolute atomic E-state index is 0.154. The van der Waals surface area contributed by atoms with Crippen molar-refractivity contribution in [1.29, 1.82) is 0 Å². The third-order valence-corrected chi connectivity index (χ3v) is 1.81. The van der Waals surface area contributed by atoms with Crippen LogP contribution in [0.1, 0.15) is 40.0 Å². The monoisotopic (exact) mass is 185 g/mol. The average Bonchev–Trinajstić information content (AvgIpc) is 2.16. The van der Waals surface area contributed by atoms with Gasteiger partial charge in [0.25, 0.3) is 5.91 Å². The second kappa shape index (κ2) is 7.80. The van der Waals surface area contributed by atoms with E-state index in [2.05, 4.69) is 12.4 Å². The summed E-state index contributed by atoms with van der Waals surface area (Å²) in [5.41, 5.74) is 3.06. The number of hydroxylamine groups is 1. The van der Waals surface area contributed by atoms with Gasteiger partial charge in [-0.05, 0) is 20.3 Å². The first-order chi connectivity index (χ1) is 6.22. The summed E-state index contributed by atoms with van der Waals surface area (Å²) in [5.74, 6) is -0.154. The summed E-state index contributed by atoms with van der Waals surface area (Å²) in [6, 6.07) is 0. The first-order valence-corrected chi connectivity index (χ1v) is 4.77. The molecule has 0 unspecified atom stereocenters. The first-order valence-electron chi connectivity index (χ1n) is 4.77. The van der Waals surface area contributed by atoms with E-state index in [1.165, 1.54) is 0 Å². The van der Waals surface area contributed by atoms with Gasteiger partial charge >= 0.3 is 0 Å². The summed E-state index contributed by atoms with van der Waals surface area (Å²) in [6.07, 6.45) is 5.04. The van der Waals surface area contributed by atoms with Crippen molar-refractivity contribution in [2.45, 2.75) is 40.0 Å². The first kappa shape index (κ1) is 12.2. The summed E-state index contributed by atoms with van der Waals surface area (Å²) >= 11 is 0. The second-order valence-corrected chi connectivity index (χ2v) is 2.96. The Kier molecular flexibility index (Phi) is 7.30. The number of hydrogen-bond acceptors (Lipinski definition) is 2. The van der Waals surface area contributed by atoms with Crippen molar-refractivity contribution in [1.82, 2.24) is 5.48 Å². The molecular formula is C10H19NO2. The molecule has 0 rings (SSSR count). The largest absolute Gasteiger partial charge is 0.273 e. The van der Waals surface area contributed by atoms with Gasteiger partial charge in [0, 0.05) is 5.57 Å². The van der Waals surface area contributed by atoms with E-state index in [-0.39, 0.29) is 5.91 Å². The molecule has 0 spiro atoms. The van der Waals surface area contributed by atoms with Gasteiger partial charge < -0.3 is 0 Å². The maximum absolute atomic E-state index is 11.1. The minimum Gasteiger partial charge on any atom is -0.273 e. The lowest BCUT2D eigenvalue weighted by Crippen LogP contribution is -2.24. The van der Waals surface area contributed by atoms with Crippen molar-refractivity contribution in [2.24, 2.45) is 0 Å². The van der Waals surface area contributed by atoms with Crippen LogP contribution >= 0.6 is 0 Å². The van der Waals surface area contributed by atoms with Crippen LogP contribution in [0.5, 0.6) is 0 Å². The van der Waals surface area contributed by atoms with Crippen molar-refractivity contribution < 1.29 is 9.63 Å². The van der Waals surface area contributed by atoms with Crippen molar-refractivity contribution in [3.8, 4) is 0 Å². The quantitative estimate of drug-likeness (QED) is 0.391. The number of nitrogens with one attached hydrogen (secondary N) is 1. The molecule has 0 saturated heterocycles. The molecule has 3 nitrogen and oxygen atoms in total. The van der Waals surface area contributed by atoms with Crippen molar-refractivity contribution in [2.75, 3.05) is 6.61 Å². The number of amides is 1. The Bertz CT molecular complexity index is 176. The van der Waals surface area contributed by atoms with Crippen LogP contribution in [-0.2, 0) is 9.63 Å². The topological polar surface area (TPSA) is 38.3 Å². The normalized spacial score (nSPS) is 11.5. The lowest BCUT2D eigenvalue weighted by Gasteiger charge is -2.04. The maximum Gasteiger partial charge on any atom is 0.270 e. The standard InChI is InChI=1S/C10H19NO2/c1-4-6-7-8-13-11-10(12)9(3)5-2/h5H,4,6-8H2,1-3H3,(H,11,12). The maximum atomic E-state index is 11.1. The van der Waals surface area contributed by atoms with Gasteiger partial charge in [0.2, 0.25) is 0 Å². The van der Waals surface area contributed by atoms with E-state index in [0.29, 0.717) is 12.2 Å². The molecule has 0 atom stereocenters. The Morgan fingerprint density at radius 1 is 1.46 bits per heavy atom. The molecule has 0 aromatic carbocycles. The van der Waals surface area contributed by atoms with Gasteiger partial charge in [0.05, 0.1) is 6.61 Å². The number of unbranched alkanes of at least 4 members (excludes halogenated alkanes) is 2. The number of allylic oxidation sites excluding steroid dienone is 1. The van der Waals surface area contributed by atoms with Crippen molar-refractivity contribution >= 4 is 5.91 Å². The van der Waals surface area contributed by atoms with Gasteiger partial charge in [-0.15, -0.1) is 0 Å². The zero-order valence-corrected chi connectivity index (χ0v) is 8.72. The Balaban J connectivity index is 3.38. The van der Waals surface area contributed by atoms with E-state index in [9.17, 15) is 4.79 Å². The third kappa shape index (κ3) is 6.34. The highest BCUT2D eigenvalue weighted by Crippen LogP contribution is 1.94. The number of carbonyl (C=O) groups excluding carboxylic acids is 1. The Morgan fingerprint density at radius 3 is 2.69 bits per heavy atom. The Morgan fingerprint density at radius 2 is 2.15 bits per heavy atom. The van der Waals surface area contributed by atoms with Crippen LogP contribution in [0.15, 0.2) is 11.6 Å². The van der Waals surface area contributed by atoms with E-state index in [1.54, 1.807) is 13.0 Å². The van der Waals surface area contributed by atoms with Gasteiger partial charge in [0.1, 0.15) is 0 Å². The lowest BCUT2D eigenvalue weighted by molar-refractivity contribution is -0.129. The van der Waals surface area contributed by atoms with Crippen LogP contribution in [0.4, 0.5) is 0 Å². The highest BCUT2D eigenvalue weighted by molar-refractivity contribution is 5.91. The van der Waals surface area contributed by atoms with E-state index < -0.39 is 0 Å². The molecule has 0 aromatic rings. The second-order valence-electron chi connectivity index (χ2n) is 2.96. The highest BCUT2D eigenvalue weighted by Gasteiger charge is 2.00. The summed E-state index contributed by atoms with van der Waals surface area (Å²) < 4.78 is 0. The summed E-state index contributed by atoms with van der Waals surface area (Å²) in [4.78, 5) is 16.1. The smallest absolute Gasteiger partial charge is 0.270 e. The van der Waals surface area contributed by atoms with Crippen molar-refractivity contribution in [3.63, 3.8) is 0 Å². The fourth-order valence-corrected chi connectivity index (χ4v) is 0.752. The molecule has 0 fully saturated rings. The zero-order valence-electron chi connectivity index (χ0n) is 8.72. The summed E-state index contributed by atoms with van der Waals surface area (Å²) in [7, 11) is 0. The van der Waals surface area contributed by atoms with Gasteiger partial charge in [-0.1, -0.05) is 25.8 Å². The fourth-order valence-electron chi connectivity index (χ4n) is 0.752. The van der Waals surface area contributed by atoms with E-state index >= 15 is 0 Å². The van der Waals surface area contributed by atoms with Crippen LogP contribution in [0.25, 0.3) is 0 Å². The lowest BCUT2D eigenvalue weighted by atomic mass is 10.3. The third-order valence-electron chi connectivity index (χ3n) is 1.81. The van der Waals surface area contributed by atoms with Gasteiger partial charge in [0.15, 0.2) is 0 Å². The van der Waals surface area contributed by atoms with Crippen LogP contribution in [0, 0.1) is 0 Å². The number of carbonyl (C=O) groups is 1. The predicted molar refractivity (Wildman–Crippen MR) is 53.1 cm³/mol. The molecule has 0 saturated carbocycles. The molecule has 0 aliphatic heterocycles. The molecule has 3 heteroatoms. The number of rotatable bonds is 6. The van der Waals surface area contributed by atoms with Crippen LogP contribution in [-0.4, -0.2) is 12.5 Å². The molecule has 0 aliphatic rings. The molecule has 1 N–H and O–H groups in total. The average molecular weight is 185 g/mol. The van der Waals surface area contributed by atoms with E-state index in [0.717, 1.165) is 19.3 Å². The fraction of sp³-hybridized carbons (Fsp3) is 0.700. The molecular weight excluding hydrogens is 166 g/mol. The van der Waals surface area contributed by atoms with Crippen LogP contribution in [0.3, 0.4) is 0 Å². The molecule has 1 amide bonds. The van der Waals surface area contributed by atoms with Crippen LogP contribution in [0.2, 0.25) is 0 Å². The van der Waals surface area contributed by atoms with E-state index in [1.807, 2.05) is 6.92 Å². The summed E-state index contributed by atoms with van der Waals surface area (Å²) in [6.45, 7) is 6.30. The molecule has 0 radical (unpaired) electrons. The molecule has 0 aromatic heterocycles. The Hall–Kier alpha value is -0.830. The predicted octanol–water partition coefficient (Wildman–Crippen LogP) is 2.19. The zero-order chi connectivity index (χ0) is 10.1. The molecule has 0 bridgehead atoms. The highest BCUT2D eigenvalue weighted by atomic mass is 16.6. The van der Waals surface area contributed by atoms with Gasteiger partial charge in [-0.25, -0.2) is 5.48 Å². The van der Waals surface area contributed by atoms with Crippen LogP contribution < -0.4 is 5.48 Å². The van der Waals surface area contributed by atoms with Gasteiger partial charge in [-0.2, -0.15) is 0 Å². The van der Waals surface area contributed by atoms with Crippen molar-refractivity contribution in [3.05, 3.63) is 11.6 Å².